The van der Waals surface area contributed by atoms with E-state index in [9.17, 15) is 0 Å². The van der Waals surface area contributed by atoms with Crippen molar-refractivity contribution in [2.24, 2.45) is 5.92 Å². The fraction of sp³-hybridized carbons (Fsp3) is 0.667. The maximum Gasteiger partial charge on any atom is 0.0223 e. The molecule has 1 saturated carbocycles. The Labute approximate surface area is 86.1 Å². The fourth-order valence-electron chi connectivity index (χ4n) is 2.37. The molecule has 78 valence electrons. The van der Waals surface area contributed by atoms with Crippen LogP contribution in [0.1, 0.15) is 38.2 Å². The van der Waals surface area contributed by atoms with E-state index in [1.54, 1.807) is 0 Å². The molecule has 1 atom stereocenters. The molecule has 1 aromatic heterocycles. The van der Waals surface area contributed by atoms with Gasteiger partial charge in [0.15, 0.2) is 0 Å². The maximum atomic E-state index is 3.61. The second-order valence-corrected chi connectivity index (χ2v) is 4.43. The van der Waals surface area contributed by atoms with E-state index in [-0.39, 0.29) is 0 Å². The predicted octanol–water partition coefficient (Wildman–Crippen LogP) is 2.68. The Kier molecular flexibility index (Phi) is 3.25. The van der Waals surface area contributed by atoms with E-state index >= 15 is 0 Å². The quantitative estimate of drug-likeness (QED) is 0.754. The SMILES string of the molecule is CC(NCc1cc[nH]c1)C1CCCC1. The molecule has 1 aromatic rings. The number of aromatic amines is 1. The Hall–Kier alpha value is -0.760. The zero-order valence-corrected chi connectivity index (χ0v) is 8.92. The van der Waals surface area contributed by atoms with Gasteiger partial charge in [0, 0.05) is 25.0 Å². The minimum absolute atomic E-state index is 0.674. The van der Waals surface area contributed by atoms with Crippen LogP contribution in [0.15, 0.2) is 18.5 Å². The van der Waals surface area contributed by atoms with Crippen LogP contribution in [0.5, 0.6) is 0 Å². The lowest BCUT2D eigenvalue weighted by Crippen LogP contribution is -2.31. The lowest BCUT2D eigenvalue weighted by molar-refractivity contribution is 0.380. The fourth-order valence-corrected chi connectivity index (χ4v) is 2.37. The molecule has 2 heteroatoms. The summed E-state index contributed by atoms with van der Waals surface area (Å²) in [4.78, 5) is 3.08. The van der Waals surface area contributed by atoms with Gasteiger partial charge in [-0.25, -0.2) is 0 Å². The number of nitrogens with one attached hydrogen (secondary N) is 2. The summed E-state index contributed by atoms with van der Waals surface area (Å²) in [7, 11) is 0. The van der Waals surface area contributed by atoms with Gasteiger partial charge < -0.3 is 10.3 Å². The van der Waals surface area contributed by atoms with E-state index in [2.05, 4.69) is 29.5 Å². The third kappa shape index (κ3) is 2.38. The highest BCUT2D eigenvalue weighted by Gasteiger charge is 2.20. The number of H-pyrrole nitrogens is 1. The van der Waals surface area contributed by atoms with Crippen LogP contribution in [0, 0.1) is 5.92 Å². The molecule has 0 amide bonds. The number of hydrogen-bond acceptors (Lipinski definition) is 1. The third-order valence-corrected chi connectivity index (χ3v) is 3.40. The zero-order valence-electron chi connectivity index (χ0n) is 8.92. The predicted molar refractivity (Wildman–Crippen MR) is 59.1 cm³/mol. The molecular formula is C12H20N2. The van der Waals surface area contributed by atoms with Crippen LogP contribution in [-0.2, 0) is 6.54 Å². The topological polar surface area (TPSA) is 27.8 Å². The van der Waals surface area contributed by atoms with E-state index in [1.165, 1.54) is 31.2 Å². The summed E-state index contributed by atoms with van der Waals surface area (Å²) in [6, 6.07) is 2.81. The van der Waals surface area contributed by atoms with E-state index < -0.39 is 0 Å². The lowest BCUT2D eigenvalue weighted by atomic mass is 10.00. The molecule has 0 aliphatic heterocycles. The summed E-state index contributed by atoms with van der Waals surface area (Å²) < 4.78 is 0. The Morgan fingerprint density at radius 1 is 1.50 bits per heavy atom. The molecule has 2 rings (SSSR count). The molecule has 0 spiro atoms. The summed E-state index contributed by atoms with van der Waals surface area (Å²) in [5.41, 5.74) is 1.36. The molecule has 14 heavy (non-hydrogen) atoms. The van der Waals surface area contributed by atoms with Crippen LogP contribution in [0.4, 0.5) is 0 Å². The zero-order chi connectivity index (χ0) is 9.80. The van der Waals surface area contributed by atoms with Crippen LogP contribution in [0.3, 0.4) is 0 Å². The first-order valence-corrected chi connectivity index (χ1v) is 5.71. The van der Waals surface area contributed by atoms with Gasteiger partial charge in [-0.3, -0.25) is 0 Å². The van der Waals surface area contributed by atoms with Crippen molar-refractivity contribution in [3.63, 3.8) is 0 Å². The van der Waals surface area contributed by atoms with Crippen LogP contribution < -0.4 is 5.32 Å². The highest BCUT2D eigenvalue weighted by molar-refractivity contribution is 5.07. The molecule has 1 unspecified atom stereocenters. The van der Waals surface area contributed by atoms with Crippen molar-refractivity contribution in [3.8, 4) is 0 Å². The summed E-state index contributed by atoms with van der Waals surface area (Å²) in [6.45, 7) is 3.32. The number of aromatic nitrogens is 1. The molecule has 1 aliphatic carbocycles. The second kappa shape index (κ2) is 4.65. The van der Waals surface area contributed by atoms with Crippen molar-refractivity contribution in [1.29, 1.82) is 0 Å². The summed E-state index contributed by atoms with van der Waals surface area (Å²) in [5.74, 6) is 0.911. The van der Waals surface area contributed by atoms with E-state index in [0.717, 1.165) is 12.5 Å². The molecule has 1 heterocycles. The monoisotopic (exact) mass is 192 g/mol. The van der Waals surface area contributed by atoms with Crippen molar-refractivity contribution < 1.29 is 0 Å². The first-order chi connectivity index (χ1) is 6.86. The average molecular weight is 192 g/mol. The van der Waals surface area contributed by atoms with Gasteiger partial charge >= 0.3 is 0 Å². The first kappa shape index (κ1) is 9.78. The van der Waals surface area contributed by atoms with Gasteiger partial charge in [-0.2, -0.15) is 0 Å². The molecule has 2 nitrogen and oxygen atoms in total. The molecule has 1 fully saturated rings. The van der Waals surface area contributed by atoms with Gasteiger partial charge in [-0.1, -0.05) is 12.8 Å². The molecule has 0 saturated heterocycles. The Morgan fingerprint density at radius 2 is 2.29 bits per heavy atom. The molecule has 0 aromatic carbocycles. The molecule has 0 bridgehead atoms. The minimum atomic E-state index is 0.674. The van der Waals surface area contributed by atoms with Crippen molar-refractivity contribution in [1.82, 2.24) is 10.3 Å². The summed E-state index contributed by atoms with van der Waals surface area (Å²) in [6.07, 6.45) is 9.75. The summed E-state index contributed by atoms with van der Waals surface area (Å²) in [5, 5.41) is 3.61. The lowest BCUT2D eigenvalue weighted by Gasteiger charge is -2.19. The molecule has 1 aliphatic rings. The standard InChI is InChI=1S/C12H20N2/c1-10(12-4-2-3-5-12)14-9-11-6-7-13-8-11/h6-8,10,12-14H,2-5,9H2,1H3. The van der Waals surface area contributed by atoms with Crippen LogP contribution in [-0.4, -0.2) is 11.0 Å². The summed E-state index contributed by atoms with van der Waals surface area (Å²) >= 11 is 0. The molecular weight excluding hydrogens is 172 g/mol. The Bertz CT molecular complexity index is 247. The maximum absolute atomic E-state index is 3.61. The number of hydrogen-bond donors (Lipinski definition) is 2. The second-order valence-electron chi connectivity index (χ2n) is 4.43. The van der Waals surface area contributed by atoms with E-state index in [0.29, 0.717) is 6.04 Å². The highest BCUT2D eigenvalue weighted by atomic mass is 14.9. The number of rotatable bonds is 4. The van der Waals surface area contributed by atoms with Crippen LogP contribution in [0.25, 0.3) is 0 Å². The average Bonchev–Trinajstić information content (AvgIpc) is 2.87. The first-order valence-electron chi connectivity index (χ1n) is 5.71. The Morgan fingerprint density at radius 3 is 2.93 bits per heavy atom. The van der Waals surface area contributed by atoms with Crippen molar-refractivity contribution in [2.75, 3.05) is 0 Å². The van der Waals surface area contributed by atoms with Crippen molar-refractivity contribution >= 4 is 0 Å². The van der Waals surface area contributed by atoms with Gasteiger partial charge in [0.1, 0.15) is 0 Å². The van der Waals surface area contributed by atoms with Gasteiger partial charge in [0.05, 0.1) is 0 Å². The Balaban J connectivity index is 1.74. The molecule has 0 radical (unpaired) electrons. The van der Waals surface area contributed by atoms with Gasteiger partial charge in [-0.15, -0.1) is 0 Å². The largest absolute Gasteiger partial charge is 0.367 e. The van der Waals surface area contributed by atoms with Gasteiger partial charge in [0.25, 0.3) is 0 Å². The normalized spacial score (nSPS) is 20.1. The van der Waals surface area contributed by atoms with E-state index in [4.69, 9.17) is 0 Å². The van der Waals surface area contributed by atoms with Gasteiger partial charge in [0.2, 0.25) is 0 Å². The minimum Gasteiger partial charge on any atom is -0.367 e. The highest BCUT2D eigenvalue weighted by Crippen LogP contribution is 2.27. The van der Waals surface area contributed by atoms with Crippen molar-refractivity contribution in [3.05, 3.63) is 24.0 Å². The van der Waals surface area contributed by atoms with E-state index in [1.807, 2.05) is 6.20 Å². The smallest absolute Gasteiger partial charge is 0.0223 e. The van der Waals surface area contributed by atoms with Crippen LogP contribution >= 0.6 is 0 Å². The van der Waals surface area contributed by atoms with Crippen molar-refractivity contribution in [2.45, 2.75) is 45.2 Å². The van der Waals surface area contributed by atoms with Crippen LogP contribution in [0.2, 0.25) is 0 Å². The third-order valence-electron chi connectivity index (χ3n) is 3.40. The van der Waals surface area contributed by atoms with Gasteiger partial charge in [-0.05, 0) is 37.3 Å². The molecule has 2 N–H and O–H groups in total.